The van der Waals surface area contributed by atoms with Gasteiger partial charge in [0, 0.05) is 17.8 Å². The molecule has 0 aliphatic carbocycles. The Balaban J connectivity index is 1.92. The Morgan fingerprint density at radius 2 is 2.39 bits per heavy atom. The summed E-state index contributed by atoms with van der Waals surface area (Å²) in [6.45, 7) is 0.856. The summed E-state index contributed by atoms with van der Waals surface area (Å²) in [5, 5.41) is 11.0. The molecule has 2 rings (SSSR count). The van der Waals surface area contributed by atoms with Gasteiger partial charge in [-0.1, -0.05) is 6.07 Å². The van der Waals surface area contributed by atoms with Crippen LogP contribution in [0.5, 0.6) is 0 Å². The molecule has 6 heteroatoms. The number of hydrogen-bond donors (Lipinski definition) is 1. The van der Waals surface area contributed by atoms with Crippen molar-refractivity contribution < 1.29 is 19.4 Å². The maximum atomic E-state index is 12.0. The lowest BCUT2D eigenvalue weighted by Crippen LogP contribution is -2.52. The Bertz CT molecular complexity index is 418. The first-order chi connectivity index (χ1) is 8.68. The Labute approximate surface area is 109 Å². The highest BCUT2D eigenvalue weighted by atomic mass is 32.1. The van der Waals surface area contributed by atoms with Crippen molar-refractivity contribution in [1.29, 1.82) is 0 Å². The standard InChI is InChI=1S/C12H15NO4S/c14-11(4-3-9-2-1-7-18-9)13-5-6-17-8-10(13)12(15)16/h1-2,7,10H,3-6,8H2,(H,15,16). The van der Waals surface area contributed by atoms with Crippen molar-refractivity contribution >= 4 is 23.2 Å². The molecule has 2 heterocycles. The van der Waals surface area contributed by atoms with Crippen LogP contribution in [-0.4, -0.2) is 47.7 Å². The fourth-order valence-electron chi connectivity index (χ4n) is 1.94. The fourth-order valence-corrected chi connectivity index (χ4v) is 2.64. The topological polar surface area (TPSA) is 66.8 Å². The van der Waals surface area contributed by atoms with Crippen molar-refractivity contribution in [1.82, 2.24) is 4.90 Å². The second-order valence-electron chi connectivity index (χ2n) is 4.10. The van der Waals surface area contributed by atoms with E-state index in [-0.39, 0.29) is 12.5 Å². The lowest BCUT2D eigenvalue weighted by Gasteiger charge is -2.32. The van der Waals surface area contributed by atoms with Gasteiger partial charge in [-0.2, -0.15) is 0 Å². The Morgan fingerprint density at radius 1 is 1.56 bits per heavy atom. The van der Waals surface area contributed by atoms with Crippen LogP contribution >= 0.6 is 11.3 Å². The van der Waals surface area contributed by atoms with Gasteiger partial charge in [-0.25, -0.2) is 4.79 Å². The van der Waals surface area contributed by atoms with Crippen molar-refractivity contribution in [3.8, 4) is 0 Å². The van der Waals surface area contributed by atoms with Gasteiger partial charge in [-0.3, -0.25) is 4.79 Å². The SMILES string of the molecule is O=C(O)C1COCCN1C(=O)CCc1cccs1. The Morgan fingerprint density at radius 3 is 3.06 bits per heavy atom. The van der Waals surface area contributed by atoms with Gasteiger partial charge in [0.05, 0.1) is 13.2 Å². The van der Waals surface area contributed by atoms with Gasteiger partial charge in [0.1, 0.15) is 0 Å². The van der Waals surface area contributed by atoms with Crippen LogP contribution in [0.1, 0.15) is 11.3 Å². The van der Waals surface area contributed by atoms with Gasteiger partial charge in [0.25, 0.3) is 0 Å². The summed E-state index contributed by atoms with van der Waals surface area (Å²) in [6.07, 6.45) is 1.02. The number of carbonyl (C=O) groups is 2. The molecule has 1 fully saturated rings. The molecule has 0 radical (unpaired) electrons. The molecular weight excluding hydrogens is 254 g/mol. The van der Waals surface area contributed by atoms with Crippen LogP contribution in [0.25, 0.3) is 0 Å². The summed E-state index contributed by atoms with van der Waals surface area (Å²) >= 11 is 1.61. The smallest absolute Gasteiger partial charge is 0.328 e. The predicted molar refractivity (Wildman–Crippen MR) is 66.6 cm³/mol. The van der Waals surface area contributed by atoms with E-state index in [0.717, 1.165) is 4.88 Å². The number of morpholine rings is 1. The highest BCUT2D eigenvalue weighted by Gasteiger charge is 2.32. The molecule has 1 amide bonds. The van der Waals surface area contributed by atoms with Crippen molar-refractivity contribution in [2.75, 3.05) is 19.8 Å². The van der Waals surface area contributed by atoms with Gasteiger partial charge in [-0.15, -0.1) is 11.3 Å². The Hall–Kier alpha value is -1.40. The molecule has 1 aromatic heterocycles. The van der Waals surface area contributed by atoms with Crippen LogP contribution in [0, 0.1) is 0 Å². The zero-order chi connectivity index (χ0) is 13.0. The number of thiophene rings is 1. The number of carboxylic acids is 1. The van der Waals surface area contributed by atoms with E-state index < -0.39 is 12.0 Å². The van der Waals surface area contributed by atoms with Crippen LogP contribution in [0.3, 0.4) is 0 Å². The lowest BCUT2D eigenvalue weighted by molar-refractivity contribution is -0.158. The fraction of sp³-hybridized carbons (Fsp3) is 0.500. The van der Waals surface area contributed by atoms with Gasteiger partial charge < -0.3 is 14.7 Å². The molecule has 0 bridgehead atoms. The molecule has 1 unspecified atom stereocenters. The molecule has 1 aromatic rings. The van der Waals surface area contributed by atoms with Crippen LogP contribution in [0.15, 0.2) is 17.5 Å². The molecule has 1 N–H and O–H groups in total. The third kappa shape index (κ3) is 3.08. The first-order valence-electron chi connectivity index (χ1n) is 5.81. The summed E-state index contributed by atoms with van der Waals surface area (Å²) in [5.74, 6) is -1.11. The number of carbonyl (C=O) groups excluding carboxylic acids is 1. The first kappa shape index (κ1) is 13.0. The highest BCUT2D eigenvalue weighted by Crippen LogP contribution is 2.14. The van der Waals surface area contributed by atoms with Gasteiger partial charge >= 0.3 is 5.97 Å². The summed E-state index contributed by atoms with van der Waals surface area (Å²) < 4.78 is 5.10. The molecule has 1 atom stereocenters. The summed E-state index contributed by atoms with van der Waals surface area (Å²) in [7, 11) is 0. The molecule has 98 valence electrons. The van der Waals surface area contributed by atoms with E-state index in [4.69, 9.17) is 9.84 Å². The second kappa shape index (κ2) is 5.97. The van der Waals surface area contributed by atoms with Gasteiger partial charge in [0.15, 0.2) is 6.04 Å². The number of amides is 1. The van der Waals surface area contributed by atoms with Crippen LogP contribution in [-0.2, 0) is 20.7 Å². The quantitative estimate of drug-likeness (QED) is 0.885. The predicted octanol–water partition coefficient (Wildman–Crippen LogP) is 0.993. The number of ether oxygens (including phenoxy) is 1. The van der Waals surface area contributed by atoms with Gasteiger partial charge in [0.2, 0.25) is 5.91 Å². The first-order valence-corrected chi connectivity index (χ1v) is 6.69. The van der Waals surface area contributed by atoms with E-state index in [0.29, 0.717) is 26.0 Å². The van der Waals surface area contributed by atoms with E-state index in [2.05, 4.69) is 0 Å². The highest BCUT2D eigenvalue weighted by molar-refractivity contribution is 7.09. The zero-order valence-electron chi connectivity index (χ0n) is 9.87. The van der Waals surface area contributed by atoms with E-state index >= 15 is 0 Å². The molecule has 1 aliphatic rings. The monoisotopic (exact) mass is 269 g/mol. The molecule has 5 nitrogen and oxygen atoms in total. The molecule has 0 aromatic carbocycles. The number of aliphatic carboxylic acids is 1. The van der Waals surface area contributed by atoms with Crippen LogP contribution < -0.4 is 0 Å². The molecule has 1 saturated heterocycles. The van der Waals surface area contributed by atoms with E-state index in [9.17, 15) is 9.59 Å². The number of carboxylic acid groups (broad SMARTS) is 1. The third-order valence-corrected chi connectivity index (χ3v) is 3.84. The van der Waals surface area contributed by atoms with E-state index in [1.807, 2.05) is 17.5 Å². The summed E-state index contributed by atoms with van der Waals surface area (Å²) in [5.41, 5.74) is 0. The number of hydrogen-bond acceptors (Lipinski definition) is 4. The second-order valence-corrected chi connectivity index (χ2v) is 5.13. The molecular formula is C12H15NO4S. The Kier molecular flexibility index (Phi) is 4.33. The molecule has 18 heavy (non-hydrogen) atoms. The van der Waals surface area contributed by atoms with Crippen LogP contribution in [0.2, 0.25) is 0 Å². The minimum absolute atomic E-state index is 0.0834. The number of rotatable bonds is 4. The van der Waals surface area contributed by atoms with Crippen molar-refractivity contribution in [3.05, 3.63) is 22.4 Å². The van der Waals surface area contributed by atoms with Crippen molar-refractivity contribution in [2.45, 2.75) is 18.9 Å². The minimum Gasteiger partial charge on any atom is -0.480 e. The number of nitrogens with zero attached hydrogens (tertiary/aromatic N) is 1. The normalized spacial score (nSPS) is 19.8. The van der Waals surface area contributed by atoms with Crippen molar-refractivity contribution in [2.24, 2.45) is 0 Å². The largest absolute Gasteiger partial charge is 0.480 e. The maximum absolute atomic E-state index is 12.0. The summed E-state index contributed by atoms with van der Waals surface area (Å²) in [4.78, 5) is 25.6. The van der Waals surface area contributed by atoms with E-state index in [1.165, 1.54) is 4.90 Å². The third-order valence-electron chi connectivity index (χ3n) is 2.90. The summed E-state index contributed by atoms with van der Waals surface area (Å²) in [6, 6.07) is 3.08. The minimum atomic E-state index is -1.00. The van der Waals surface area contributed by atoms with E-state index in [1.54, 1.807) is 11.3 Å². The lowest BCUT2D eigenvalue weighted by atomic mass is 10.2. The number of aryl methyl sites for hydroxylation is 1. The maximum Gasteiger partial charge on any atom is 0.328 e. The average molecular weight is 269 g/mol. The molecule has 0 saturated carbocycles. The molecule has 0 spiro atoms. The van der Waals surface area contributed by atoms with Crippen molar-refractivity contribution in [3.63, 3.8) is 0 Å². The average Bonchev–Trinajstić information content (AvgIpc) is 2.89. The zero-order valence-corrected chi connectivity index (χ0v) is 10.7. The van der Waals surface area contributed by atoms with Gasteiger partial charge in [-0.05, 0) is 17.9 Å². The molecule has 1 aliphatic heterocycles. The van der Waals surface area contributed by atoms with Crippen LogP contribution in [0.4, 0.5) is 0 Å².